The molecule has 0 unspecified atom stereocenters. The van der Waals surface area contributed by atoms with Crippen LogP contribution >= 0.6 is 0 Å². The first-order valence-electron chi connectivity index (χ1n) is 8.18. The van der Waals surface area contributed by atoms with E-state index in [4.69, 9.17) is 10.00 Å². The molecule has 1 aromatic heterocycles. The molecule has 0 aliphatic heterocycles. The average Bonchev–Trinajstić information content (AvgIpc) is 3.02. The van der Waals surface area contributed by atoms with E-state index in [0.29, 0.717) is 11.3 Å². The number of nitrogens with one attached hydrogen (secondary N) is 2. The van der Waals surface area contributed by atoms with E-state index in [9.17, 15) is 0 Å². The van der Waals surface area contributed by atoms with Crippen LogP contribution in [0.1, 0.15) is 11.3 Å². The van der Waals surface area contributed by atoms with Gasteiger partial charge in [-0.25, -0.2) is 0 Å². The van der Waals surface area contributed by atoms with Gasteiger partial charge in [0.25, 0.3) is 0 Å². The van der Waals surface area contributed by atoms with Gasteiger partial charge in [0.05, 0.1) is 22.8 Å². The van der Waals surface area contributed by atoms with E-state index in [1.807, 2.05) is 37.4 Å². The Kier molecular flexibility index (Phi) is 5.29. The number of hydrogen-bond acceptors (Lipinski definition) is 5. The van der Waals surface area contributed by atoms with Crippen molar-refractivity contribution in [2.45, 2.75) is 6.54 Å². The Hall–Kier alpha value is -2.88. The van der Waals surface area contributed by atoms with Crippen LogP contribution in [0.15, 0.2) is 42.5 Å². The van der Waals surface area contributed by atoms with Crippen molar-refractivity contribution in [2.24, 2.45) is 0 Å². The molecule has 0 aliphatic rings. The van der Waals surface area contributed by atoms with Crippen LogP contribution in [0.5, 0.6) is 11.5 Å². The number of fused-ring (bicyclic) bond motifs is 1. The molecule has 0 atom stereocenters. The molecule has 3 rings (SSSR count). The van der Waals surface area contributed by atoms with Crippen LogP contribution in [-0.2, 0) is 6.54 Å². The highest BCUT2D eigenvalue weighted by molar-refractivity contribution is 5.82. The number of rotatable bonds is 7. The van der Waals surface area contributed by atoms with Crippen LogP contribution in [-0.4, -0.2) is 42.3 Å². The largest absolute Gasteiger partial charge is 0.457 e. The van der Waals surface area contributed by atoms with Gasteiger partial charge in [-0.05, 0) is 50.5 Å². The number of nitriles is 1. The molecule has 3 aromatic rings. The maximum absolute atomic E-state index is 9.00. The zero-order valence-electron chi connectivity index (χ0n) is 14.4. The quantitative estimate of drug-likeness (QED) is 0.694. The minimum absolute atomic E-state index is 0.578. The average molecular weight is 335 g/mol. The lowest BCUT2D eigenvalue weighted by molar-refractivity contribution is 0.325. The molecular weight excluding hydrogens is 314 g/mol. The number of ether oxygens (including phenoxy) is 1. The maximum Gasteiger partial charge on any atom is 0.128 e. The van der Waals surface area contributed by atoms with Gasteiger partial charge >= 0.3 is 0 Å². The first-order chi connectivity index (χ1) is 12.2. The van der Waals surface area contributed by atoms with Crippen molar-refractivity contribution < 1.29 is 4.74 Å². The van der Waals surface area contributed by atoms with E-state index in [-0.39, 0.29) is 0 Å². The summed E-state index contributed by atoms with van der Waals surface area (Å²) in [7, 11) is 4.02. The van der Waals surface area contributed by atoms with E-state index in [2.05, 4.69) is 33.5 Å². The summed E-state index contributed by atoms with van der Waals surface area (Å²) in [4.78, 5) is 2.22. The van der Waals surface area contributed by atoms with Gasteiger partial charge in [-0.1, -0.05) is 6.07 Å². The second-order valence-corrected chi connectivity index (χ2v) is 5.96. The number of likely N-dealkylation sites (N-methyl/N-ethyl adjacent to an activating group) is 2. The van der Waals surface area contributed by atoms with Crippen molar-refractivity contribution >= 4 is 10.9 Å². The lowest BCUT2D eigenvalue weighted by atomic mass is 10.2. The summed E-state index contributed by atoms with van der Waals surface area (Å²) in [6, 6.07) is 15.1. The number of nitrogens with zero attached hydrogens (tertiary/aromatic N) is 3. The third-order valence-corrected chi connectivity index (χ3v) is 3.98. The highest BCUT2D eigenvalue weighted by Gasteiger charge is 2.10. The second-order valence-electron chi connectivity index (χ2n) is 5.96. The third kappa shape index (κ3) is 4.15. The van der Waals surface area contributed by atoms with E-state index in [1.54, 1.807) is 12.1 Å². The van der Waals surface area contributed by atoms with E-state index < -0.39 is 0 Å². The molecule has 6 nitrogen and oxygen atoms in total. The molecule has 0 spiro atoms. The lowest BCUT2D eigenvalue weighted by Crippen LogP contribution is -2.27. The third-order valence-electron chi connectivity index (χ3n) is 3.98. The number of H-pyrrole nitrogens is 1. The molecule has 0 bridgehead atoms. The van der Waals surface area contributed by atoms with E-state index in [1.165, 1.54) is 0 Å². The lowest BCUT2D eigenvalue weighted by Gasteiger charge is -2.14. The van der Waals surface area contributed by atoms with Gasteiger partial charge in [0, 0.05) is 25.0 Å². The summed E-state index contributed by atoms with van der Waals surface area (Å²) in [5, 5.41) is 20.7. The van der Waals surface area contributed by atoms with Gasteiger partial charge in [0.1, 0.15) is 11.5 Å². The number of aromatic amines is 1. The van der Waals surface area contributed by atoms with Crippen LogP contribution in [0.25, 0.3) is 10.9 Å². The highest BCUT2D eigenvalue weighted by Crippen LogP contribution is 2.27. The highest BCUT2D eigenvalue weighted by atomic mass is 16.5. The van der Waals surface area contributed by atoms with Gasteiger partial charge in [0.15, 0.2) is 0 Å². The fourth-order valence-corrected chi connectivity index (χ4v) is 2.63. The predicted molar refractivity (Wildman–Crippen MR) is 97.6 cm³/mol. The molecule has 0 radical (unpaired) electrons. The van der Waals surface area contributed by atoms with Crippen LogP contribution in [0, 0.1) is 11.3 Å². The summed E-state index contributed by atoms with van der Waals surface area (Å²) in [6.45, 7) is 2.64. The SMILES string of the molecule is CNCCN(C)Cc1n[nH]c2ccc(Oc3cccc(C#N)c3)cc12. The summed E-state index contributed by atoms with van der Waals surface area (Å²) < 4.78 is 5.91. The molecular formula is C19H21N5O. The monoisotopic (exact) mass is 335 g/mol. The Labute approximate surface area is 147 Å². The Balaban J connectivity index is 1.81. The first kappa shape index (κ1) is 17.0. The first-order valence-corrected chi connectivity index (χ1v) is 8.18. The van der Waals surface area contributed by atoms with Crippen molar-refractivity contribution in [3.05, 3.63) is 53.7 Å². The Morgan fingerprint density at radius 3 is 2.88 bits per heavy atom. The molecule has 0 saturated carbocycles. The molecule has 2 aromatic carbocycles. The number of aromatic nitrogens is 2. The van der Waals surface area contributed by atoms with E-state index in [0.717, 1.165) is 42.0 Å². The normalized spacial score (nSPS) is 11.0. The molecule has 6 heteroatoms. The van der Waals surface area contributed by atoms with Gasteiger partial charge in [-0.3, -0.25) is 10.00 Å². The van der Waals surface area contributed by atoms with Gasteiger partial charge in [-0.2, -0.15) is 10.4 Å². The molecule has 0 fully saturated rings. The second kappa shape index (κ2) is 7.79. The summed E-state index contributed by atoms with van der Waals surface area (Å²) in [5.74, 6) is 1.37. The standard InChI is InChI=1S/C19H21N5O/c1-21-8-9-24(2)13-19-17-11-16(6-7-18(17)22-23-19)25-15-5-3-4-14(10-15)12-20/h3-7,10-11,21H,8-9,13H2,1-2H3,(H,22,23). The minimum atomic E-state index is 0.578. The fourth-order valence-electron chi connectivity index (χ4n) is 2.63. The Morgan fingerprint density at radius 1 is 1.24 bits per heavy atom. The topological polar surface area (TPSA) is 77.0 Å². The summed E-state index contributed by atoms with van der Waals surface area (Å²) >= 11 is 0. The van der Waals surface area contributed by atoms with Crippen molar-refractivity contribution in [3.8, 4) is 17.6 Å². The van der Waals surface area contributed by atoms with Crippen molar-refractivity contribution in [1.29, 1.82) is 5.26 Å². The molecule has 25 heavy (non-hydrogen) atoms. The van der Waals surface area contributed by atoms with Crippen molar-refractivity contribution in [2.75, 3.05) is 27.2 Å². The predicted octanol–water partition coefficient (Wildman–Crippen LogP) is 2.88. The molecule has 0 amide bonds. The van der Waals surface area contributed by atoms with Gasteiger partial charge in [0.2, 0.25) is 0 Å². The van der Waals surface area contributed by atoms with Crippen LogP contribution in [0.3, 0.4) is 0 Å². The van der Waals surface area contributed by atoms with Crippen LogP contribution < -0.4 is 10.1 Å². The molecule has 1 heterocycles. The van der Waals surface area contributed by atoms with Crippen molar-refractivity contribution in [1.82, 2.24) is 20.4 Å². The molecule has 0 saturated heterocycles. The van der Waals surface area contributed by atoms with E-state index >= 15 is 0 Å². The Morgan fingerprint density at radius 2 is 2.08 bits per heavy atom. The summed E-state index contributed by atoms with van der Waals surface area (Å²) in [5.41, 5.74) is 2.55. The molecule has 2 N–H and O–H groups in total. The fraction of sp³-hybridized carbons (Fsp3) is 0.263. The Bertz CT molecular complexity index is 896. The van der Waals surface area contributed by atoms with Crippen LogP contribution in [0.2, 0.25) is 0 Å². The van der Waals surface area contributed by atoms with Gasteiger partial charge < -0.3 is 10.1 Å². The molecule has 0 aliphatic carbocycles. The zero-order chi connectivity index (χ0) is 17.6. The smallest absolute Gasteiger partial charge is 0.128 e. The van der Waals surface area contributed by atoms with Crippen molar-refractivity contribution in [3.63, 3.8) is 0 Å². The zero-order valence-corrected chi connectivity index (χ0v) is 14.4. The number of hydrogen-bond donors (Lipinski definition) is 2. The summed E-state index contributed by atoms with van der Waals surface area (Å²) in [6.07, 6.45) is 0. The van der Waals surface area contributed by atoms with Crippen LogP contribution in [0.4, 0.5) is 0 Å². The maximum atomic E-state index is 9.00. The minimum Gasteiger partial charge on any atom is -0.457 e. The van der Waals surface area contributed by atoms with Gasteiger partial charge in [-0.15, -0.1) is 0 Å². The number of benzene rings is 2. The molecule has 128 valence electrons.